The van der Waals surface area contributed by atoms with Gasteiger partial charge in [0.05, 0.1) is 5.41 Å². The van der Waals surface area contributed by atoms with Gasteiger partial charge in [0.25, 0.3) is 11.8 Å². The third kappa shape index (κ3) is 5.99. The molecular weight excluding hydrogens is 536 g/mol. The number of nitrogens with zero attached hydrogens (tertiary/aromatic N) is 4. The molecule has 15 heteroatoms. The molecule has 4 atom stereocenters. The SMILES string of the molecule is CC1C=C(C(=O)OCOC(=O)C(C)(C)C)N2C(=O)C(NC(=O)C(=NOC3C=CCC3)c3nsc(N)n3)[C@@H]2S1. The van der Waals surface area contributed by atoms with Crippen molar-refractivity contribution >= 4 is 57.9 Å². The Labute approximate surface area is 227 Å². The molecule has 4 rings (SSSR count). The number of oxime groups is 1. The minimum absolute atomic E-state index is 0.0164. The number of carbonyl (C=O) groups is 4. The van der Waals surface area contributed by atoms with E-state index in [-0.39, 0.29) is 33.7 Å². The van der Waals surface area contributed by atoms with Crippen molar-refractivity contribution < 1.29 is 33.5 Å². The number of anilines is 1. The molecule has 3 heterocycles. The second kappa shape index (κ2) is 11.1. The van der Waals surface area contributed by atoms with Crippen molar-refractivity contribution in [3.63, 3.8) is 0 Å². The molecule has 1 aromatic rings. The summed E-state index contributed by atoms with van der Waals surface area (Å²) in [5.41, 5.74) is 4.72. The molecule has 1 saturated heterocycles. The highest BCUT2D eigenvalue weighted by Crippen LogP contribution is 2.41. The van der Waals surface area contributed by atoms with Crippen LogP contribution in [0.1, 0.15) is 46.4 Å². The Morgan fingerprint density at radius 1 is 1.29 bits per heavy atom. The molecule has 0 bridgehead atoms. The molecule has 1 aliphatic carbocycles. The summed E-state index contributed by atoms with van der Waals surface area (Å²) in [6.45, 7) is 6.27. The van der Waals surface area contributed by atoms with E-state index in [2.05, 4.69) is 19.8 Å². The summed E-state index contributed by atoms with van der Waals surface area (Å²) < 4.78 is 14.1. The zero-order valence-electron chi connectivity index (χ0n) is 21.2. The summed E-state index contributed by atoms with van der Waals surface area (Å²) in [5, 5.41) is 6.03. The van der Waals surface area contributed by atoms with E-state index in [0.717, 1.165) is 24.4 Å². The standard InChI is InChI=1S/C23H28N6O7S2/c1-11-9-13(20(32)34-10-35-21(33)23(2,3)4)29-18(31)15(19(29)37-11)25-17(30)14(16-26-22(24)38-28-16)27-36-12-7-5-6-8-12/h5,7,9,11-12,15,19H,6,8,10H2,1-4H3,(H,25,30)(H2,24,26,28)/t11?,12?,15?,19-/m0/s1. The fourth-order valence-electron chi connectivity index (χ4n) is 3.69. The van der Waals surface area contributed by atoms with Gasteiger partial charge in [-0.2, -0.15) is 9.36 Å². The van der Waals surface area contributed by atoms with Gasteiger partial charge in [-0.1, -0.05) is 11.2 Å². The molecule has 3 aliphatic rings. The summed E-state index contributed by atoms with van der Waals surface area (Å²) in [6, 6.07) is -0.947. The number of β-lactam (4-membered cyclic amide) rings is 1. The van der Waals surface area contributed by atoms with Crippen LogP contribution >= 0.6 is 23.3 Å². The Balaban J connectivity index is 1.42. The highest BCUT2D eigenvalue weighted by Gasteiger charge is 2.54. The van der Waals surface area contributed by atoms with E-state index >= 15 is 0 Å². The van der Waals surface area contributed by atoms with Gasteiger partial charge in [0, 0.05) is 16.8 Å². The number of rotatable bonds is 8. The lowest BCUT2D eigenvalue weighted by Crippen LogP contribution is -2.71. The van der Waals surface area contributed by atoms with Gasteiger partial charge in [0.15, 0.2) is 5.13 Å². The Bertz CT molecular complexity index is 1220. The van der Waals surface area contributed by atoms with Crippen LogP contribution in [0.5, 0.6) is 0 Å². The van der Waals surface area contributed by atoms with Crippen LogP contribution in [0.4, 0.5) is 5.13 Å². The summed E-state index contributed by atoms with van der Waals surface area (Å²) in [5.74, 6) is -2.60. The number of nitrogens with one attached hydrogen (secondary N) is 1. The second-order valence-electron chi connectivity index (χ2n) is 9.72. The van der Waals surface area contributed by atoms with Gasteiger partial charge in [-0.25, -0.2) is 4.79 Å². The summed E-state index contributed by atoms with van der Waals surface area (Å²) >= 11 is 2.28. The molecule has 3 unspecified atom stereocenters. The van der Waals surface area contributed by atoms with Crippen LogP contribution in [0.15, 0.2) is 29.1 Å². The number of amides is 2. The third-order valence-electron chi connectivity index (χ3n) is 5.65. The number of thioether (sulfide) groups is 1. The van der Waals surface area contributed by atoms with E-state index in [1.165, 1.54) is 16.7 Å². The zero-order valence-corrected chi connectivity index (χ0v) is 22.8. The first-order chi connectivity index (χ1) is 18.0. The number of aromatic nitrogens is 2. The van der Waals surface area contributed by atoms with Gasteiger partial charge < -0.3 is 25.4 Å². The van der Waals surface area contributed by atoms with Gasteiger partial charge in [0.2, 0.25) is 18.3 Å². The van der Waals surface area contributed by atoms with Crippen molar-refractivity contribution in [3.05, 3.63) is 29.7 Å². The molecular formula is C23H28N6O7S2. The quantitative estimate of drug-likeness (QED) is 0.116. The molecule has 2 amide bonds. The lowest BCUT2D eigenvalue weighted by atomic mass is 9.98. The van der Waals surface area contributed by atoms with Crippen molar-refractivity contribution in [2.24, 2.45) is 10.6 Å². The Hall–Kier alpha value is -3.46. The molecule has 0 spiro atoms. The summed E-state index contributed by atoms with van der Waals surface area (Å²) in [4.78, 5) is 61.6. The Morgan fingerprint density at radius 3 is 2.68 bits per heavy atom. The molecule has 38 heavy (non-hydrogen) atoms. The van der Waals surface area contributed by atoms with Crippen LogP contribution < -0.4 is 11.1 Å². The number of nitrogen functional groups attached to an aromatic ring is 1. The van der Waals surface area contributed by atoms with Crippen LogP contribution in [0, 0.1) is 5.41 Å². The lowest BCUT2D eigenvalue weighted by molar-refractivity contribution is -0.173. The van der Waals surface area contributed by atoms with Crippen molar-refractivity contribution in [1.29, 1.82) is 0 Å². The van der Waals surface area contributed by atoms with E-state index in [1.54, 1.807) is 26.8 Å². The van der Waals surface area contributed by atoms with Gasteiger partial charge in [-0.15, -0.1) is 11.8 Å². The topological polar surface area (TPSA) is 175 Å². The molecule has 0 aromatic carbocycles. The van der Waals surface area contributed by atoms with E-state index < -0.39 is 47.4 Å². The third-order valence-corrected chi connectivity index (χ3v) is 7.52. The number of fused-ring (bicyclic) bond motifs is 1. The largest absolute Gasteiger partial charge is 0.427 e. The van der Waals surface area contributed by atoms with E-state index in [0.29, 0.717) is 0 Å². The average Bonchev–Trinajstić information content (AvgIpc) is 3.53. The van der Waals surface area contributed by atoms with Crippen LogP contribution in [0.3, 0.4) is 0 Å². The van der Waals surface area contributed by atoms with Crippen LogP contribution in [0.25, 0.3) is 0 Å². The van der Waals surface area contributed by atoms with Gasteiger partial charge >= 0.3 is 11.9 Å². The molecule has 1 aromatic heterocycles. The first-order valence-corrected chi connectivity index (χ1v) is 13.5. The van der Waals surface area contributed by atoms with E-state index in [9.17, 15) is 19.2 Å². The number of hydrogen-bond donors (Lipinski definition) is 2. The average molecular weight is 565 g/mol. The number of esters is 2. The molecule has 204 valence electrons. The van der Waals surface area contributed by atoms with Gasteiger partial charge in [0.1, 0.15) is 23.2 Å². The molecule has 2 aliphatic heterocycles. The number of ether oxygens (including phenoxy) is 2. The molecule has 1 fully saturated rings. The minimum Gasteiger partial charge on any atom is -0.427 e. The summed E-state index contributed by atoms with van der Waals surface area (Å²) in [7, 11) is 0. The maximum Gasteiger partial charge on any atom is 0.357 e. The highest BCUT2D eigenvalue weighted by molar-refractivity contribution is 8.00. The highest BCUT2D eigenvalue weighted by atomic mass is 32.2. The molecule has 0 radical (unpaired) electrons. The van der Waals surface area contributed by atoms with E-state index in [1.807, 2.05) is 19.1 Å². The smallest absolute Gasteiger partial charge is 0.357 e. The number of nitrogens with two attached hydrogens (primary N) is 1. The molecule has 0 saturated carbocycles. The predicted octanol–water partition coefficient (Wildman–Crippen LogP) is 1.32. The van der Waals surface area contributed by atoms with Crippen molar-refractivity contribution in [2.75, 3.05) is 12.5 Å². The van der Waals surface area contributed by atoms with E-state index in [4.69, 9.17) is 20.0 Å². The Kier molecular flexibility index (Phi) is 8.06. The summed E-state index contributed by atoms with van der Waals surface area (Å²) in [6.07, 6.45) is 6.65. The number of hydrogen-bond acceptors (Lipinski definition) is 13. The predicted molar refractivity (Wildman–Crippen MR) is 138 cm³/mol. The van der Waals surface area contributed by atoms with Crippen LogP contribution in [0.2, 0.25) is 0 Å². The first kappa shape index (κ1) is 27.6. The second-order valence-corrected chi connectivity index (χ2v) is 12.0. The van der Waals surface area contributed by atoms with Crippen molar-refractivity contribution in [2.45, 2.75) is 63.3 Å². The first-order valence-electron chi connectivity index (χ1n) is 11.8. The minimum atomic E-state index is -0.947. The van der Waals surface area contributed by atoms with Gasteiger partial charge in [-0.3, -0.25) is 19.3 Å². The fraction of sp³-hybridized carbons (Fsp3) is 0.522. The Morgan fingerprint density at radius 2 is 2.05 bits per heavy atom. The van der Waals surface area contributed by atoms with Crippen molar-refractivity contribution in [3.8, 4) is 0 Å². The fourth-order valence-corrected chi connectivity index (χ4v) is 5.45. The maximum atomic E-state index is 13.2. The lowest BCUT2D eigenvalue weighted by Gasteiger charge is -2.49. The normalized spacial score (nSPS) is 24.7. The molecule has 13 nitrogen and oxygen atoms in total. The maximum absolute atomic E-state index is 13.2. The monoisotopic (exact) mass is 564 g/mol. The van der Waals surface area contributed by atoms with Crippen molar-refractivity contribution in [1.82, 2.24) is 19.6 Å². The van der Waals surface area contributed by atoms with Gasteiger partial charge in [-0.05, 0) is 52.7 Å². The number of allylic oxidation sites excluding steroid dienone is 1. The van der Waals surface area contributed by atoms with Crippen LogP contribution in [-0.4, -0.2) is 73.3 Å². The zero-order chi connectivity index (χ0) is 27.6. The number of carbonyl (C=O) groups excluding carboxylic acids is 4. The van der Waals surface area contributed by atoms with Crippen LogP contribution in [-0.2, 0) is 33.5 Å². The molecule has 3 N–H and O–H groups in total.